The number of halogens is 1. The highest BCUT2D eigenvalue weighted by Crippen LogP contribution is 2.31. The Balaban J connectivity index is 1.63. The molecule has 1 saturated carbocycles. The molecular weight excluding hydrogens is 490 g/mol. The Labute approximate surface area is 211 Å². The van der Waals surface area contributed by atoms with Crippen LogP contribution in [0, 0.1) is 5.92 Å². The van der Waals surface area contributed by atoms with Crippen LogP contribution >= 0.6 is 15.9 Å². The molecule has 3 N–H and O–H groups in total. The Kier molecular flexibility index (Phi) is 9.40. The van der Waals surface area contributed by atoms with Crippen LogP contribution in [0.25, 0.3) is 5.70 Å². The Bertz CT molecular complexity index is 1050. The van der Waals surface area contributed by atoms with E-state index in [0.29, 0.717) is 33.2 Å². The van der Waals surface area contributed by atoms with E-state index in [2.05, 4.69) is 69.3 Å². The molecule has 0 aromatic heterocycles. The van der Waals surface area contributed by atoms with Crippen LogP contribution in [0.5, 0.6) is 5.75 Å². The molecule has 0 spiro atoms. The fourth-order valence-corrected chi connectivity index (χ4v) is 4.89. The van der Waals surface area contributed by atoms with Crippen molar-refractivity contribution in [1.29, 1.82) is 0 Å². The van der Waals surface area contributed by atoms with E-state index in [1.165, 1.54) is 5.56 Å². The van der Waals surface area contributed by atoms with Gasteiger partial charge in [0.1, 0.15) is 11.6 Å². The molecule has 180 valence electrons. The lowest BCUT2D eigenvalue weighted by molar-refractivity contribution is -0.118. The van der Waals surface area contributed by atoms with Crippen molar-refractivity contribution >= 4 is 27.5 Å². The highest BCUT2D eigenvalue weighted by molar-refractivity contribution is 9.12. The quantitative estimate of drug-likeness (QED) is 0.268. The number of hydrogen-bond donors (Lipinski definition) is 3. The molecule has 1 fully saturated rings. The number of methoxy groups -OCH3 is 1. The number of aryl methyl sites for hydroxylation is 1. The number of carbonyl (C=O) groups is 1. The van der Waals surface area contributed by atoms with Crippen molar-refractivity contribution in [2.75, 3.05) is 14.2 Å². The van der Waals surface area contributed by atoms with Crippen LogP contribution in [0.4, 0.5) is 0 Å². The Hall–Kier alpha value is -2.99. The van der Waals surface area contributed by atoms with Crippen LogP contribution < -0.4 is 20.7 Å². The molecule has 1 aliphatic rings. The van der Waals surface area contributed by atoms with Gasteiger partial charge in [0, 0.05) is 24.4 Å². The van der Waals surface area contributed by atoms with Gasteiger partial charge in [0.25, 0.3) is 5.91 Å². The number of benzene rings is 2. The Morgan fingerprint density at radius 3 is 2.50 bits per heavy atom. The maximum Gasteiger partial charge on any atom is 0.252 e. The van der Waals surface area contributed by atoms with E-state index in [4.69, 9.17) is 4.74 Å². The molecule has 2 aromatic carbocycles. The van der Waals surface area contributed by atoms with Gasteiger partial charge in [0.2, 0.25) is 0 Å². The van der Waals surface area contributed by atoms with Crippen molar-refractivity contribution in [3.63, 3.8) is 0 Å². The average molecular weight is 525 g/mol. The van der Waals surface area contributed by atoms with Gasteiger partial charge in [0.05, 0.1) is 17.2 Å². The molecule has 1 amide bonds. The zero-order valence-electron chi connectivity index (χ0n) is 20.0. The summed E-state index contributed by atoms with van der Waals surface area (Å²) in [7, 11) is 3.40. The number of hydrogen-bond acceptors (Lipinski definition) is 4. The molecule has 2 aromatic rings. The second-order valence-electron chi connectivity index (χ2n) is 8.52. The highest BCUT2D eigenvalue weighted by atomic mass is 79.9. The van der Waals surface area contributed by atoms with Gasteiger partial charge in [0.15, 0.2) is 0 Å². The monoisotopic (exact) mass is 523 g/mol. The molecule has 2 atom stereocenters. The molecule has 0 saturated heterocycles. The van der Waals surface area contributed by atoms with Crippen molar-refractivity contribution in [3.8, 4) is 5.75 Å². The SMILES string of the molecule is C=C(C(=O)N[C@H]1CCC[C@@H]1CCc1ccccc1)/C(Br)=C(\NC)NC(=C)c1ccccc1OC. The smallest absolute Gasteiger partial charge is 0.252 e. The fraction of sp³-hybridized carbons (Fsp3) is 0.321. The van der Waals surface area contributed by atoms with Crippen molar-refractivity contribution < 1.29 is 9.53 Å². The van der Waals surface area contributed by atoms with Gasteiger partial charge in [-0.15, -0.1) is 0 Å². The van der Waals surface area contributed by atoms with Crippen LogP contribution in [-0.2, 0) is 11.2 Å². The summed E-state index contributed by atoms with van der Waals surface area (Å²) < 4.78 is 5.99. The van der Waals surface area contributed by atoms with Crippen molar-refractivity contribution in [2.45, 2.75) is 38.1 Å². The molecule has 3 rings (SSSR count). The number of para-hydroxylation sites is 1. The first-order valence-corrected chi connectivity index (χ1v) is 12.4. The number of carbonyl (C=O) groups excluding carboxylic acids is 1. The van der Waals surface area contributed by atoms with Gasteiger partial charge in [-0.1, -0.05) is 62.0 Å². The predicted molar refractivity (Wildman–Crippen MR) is 143 cm³/mol. The summed E-state index contributed by atoms with van der Waals surface area (Å²) in [5.41, 5.74) is 3.18. The average Bonchev–Trinajstić information content (AvgIpc) is 3.32. The van der Waals surface area contributed by atoms with Gasteiger partial charge in [-0.25, -0.2) is 0 Å². The van der Waals surface area contributed by atoms with Crippen LogP contribution in [-0.4, -0.2) is 26.1 Å². The predicted octanol–water partition coefficient (Wildman–Crippen LogP) is 5.51. The largest absolute Gasteiger partial charge is 0.496 e. The standard InChI is InChI=1S/C28H34BrN3O2/c1-19(26(29)27(30-3)31-20(2)23-14-8-9-16-25(23)34-4)28(33)32-24-15-10-13-22(24)18-17-21-11-6-5-7-12-21/h5-9,11-12,14,16,22,24,30-31H,1-2,10,13,15,17-18H2,3-4H3,(H,32,33)/b27-26-/t22-,24+/m1/s1. The molecule has 1 aliphatic carbocycles. The first kappa shape index (κ1) is 25.6. The molecule has 0 heterocycles. The summed E-state index contributed by atoms with van der Waals surface area (Å²) in [6.07, 6.45) is 5.38. The van der Waals surface area contributed by atoms with Gasteiger partial charge in [-0.05, 0) is 65.2 Å². The van der Waals surface area contributed by atoms with E-state index >= 15 is 0 Å². The number of ether oxygens (including phenoxy) is 1. The minimum atomic E-state index is -0.166. The molecular formula is C28H34BrN3O2. The normalized spacial score (nSPS) is 18.0. The van der Waals surface area contributed by atoms with Crippen LogP contribution in [0.2, 0.25) is 0 Å². The minimum Gasteiger partial charge on any atom is -0.496 e. The van der Waals surface area contributed by atoms with Gasteiger partial charge in [-0.3, -0.25) is 4.79 Å². The lowest BCUT2D eigenvalue weighted by Crippen LogP contribution is -2.38. The molecule has 0 aliphatic heterocycles. The minimum absolute atomic E-state index is 0.166. The van der Waals surface area contributed by atoms with E-state index < -0.39 is 0 Å². The molecule has 6 heteroatoms. The van der Waals surface area contributed by atoms with E-state index in [9.17, 15) is 4.79 Å². The van der Waals surface area contributed by atoms with E-state index in [0.717, 1.165) is 37.7 Å². The molecule has 0 bridgehead atoms. The van der Waals surface area contributed by atoms with E-state index in [1.807, 2.05) is 30.3 Å². The summed E-state index contributed by atoms with van der Waals surface area (Å²) in [5.74, 6) is 1.63. The molecule has 34 heavy (non-hydrogen) atoms. The Morgan fingerprint density at radius 2 is 1.79 bits per heavy atom. The number of rotatable bonds is 11. The third kappa shape index (κ3) is 6.54. The fourth-order valence-electron chi connectivity index (χ4n) is 4.41. The van der Waals surface area contributed by atoms with E-state index in [-0.39, 0.29) is 11.9 Å². The first-order chi connectivity index (χ1) is 16.4. The zero-order chi connectivity index (χ0) is 24.5. The maximum atomic E-state index is 13.1. The molecule has 5 nitrogen and oxygen atoms in total. The van der Waals surface area contributed by atoms with Crippen LogP contribution in [0.3, 0.4) is 0 Å². The van der Waals surface area contributed by atoms with Crippen LogP contribution in [0.15, 0.2) is 83.6 Å². The highest BCUT2D eigenvalue weighted by Gasteiger charge is 2.29. The number of nitrogens with one attached hydrogen (secondary N) is 3. The maximum absolute atomic E-state index is 13.1. The Morgan fingerprint density at radius 1 is 1.09 bits per heavy atom. The molecule has 0 unspecified atom stereocenters. The second-order valence-corrected chi connectivity index (χ2v) is 9.31. The summed E-state index contributed by atoms with van der Waals surface area (Å²) in [6.45, 7) is 8.18. The topological polar surface area (TPSA) is 62.4 Å². The van der Waals surface area contributed by atoms with Crippen LogP contribution in [0.1, 0.15) is 36.8 Å². The summed E-state index contributed by atoms with van der Waals surface area (Å²) in [5, 5.41) is 9.56. The number of amides is 1. The summed E-state index contributed by atoms with van der Waals surface area (Å²) in [4.78, 5) is 13.1. The van der Waals surface area contributed by atoms with Gasteiger partial charge in [-0.2, -0.15) is 0 Å². The third-order valence-corrected chi connectivity index (χ3v) is 7.21. The van der Waals surface area contributed by atoms with Crippen molar-refractivity contribution in [2.24, 2.45) is 5.92 Å². The van der Waals surface area contributed by atoms with Gasteiger partial charge < -0.3 is 20.7 Å². The lowest BCUT2D eigenvalue weighted by atomic mass is 9.94. The molecule has 0 radical (unpaired) electrons. The zero-order valence-corrected chi connectivity index (χ0v) is 21.6. The first-order valence-electron chi connectivity index (χ1n) is 11.7. The van der Waals surface area contributed by atoms with Gasteiger partial charge >= 0.3 is 0 Å². The second kappa shape index (κ2) is 12.5. The summed E-state index contributed by atoms with van der Waals surface area (Å²) in [6, 6.07) is 18.3. The third-order valence-electron chi connectivity index (χ3n) is 6.34. The van der Waals surface area contributed by atoms with Crippen molar-refractivity contribution in [1.82, 2.24) is 16.0 Å². The lowest BCUT2D eigenvalue weighted by Gasteiger charge is -2.22. The summed E-state index contributed by atoms with van der Waals surface area (Å²) >= 11 is 3.55. The van der Waals surface area contributed by atoms with E-state index in [1.54, 1.807) is 14.2 Å². The van der Waals surface area contributed by atoms with Crippen molar-refractivity contribution in [3.05, 3.63) is 94.8 Å².